The molecule has 1 saturated heterocycles. The van der Waals surface area contributed by atoms with E-state index in [1.807, 2.05) is 42.1 Å². The molecule has 90 valence electrons. The van der Waals surface area contributed by atoms with Gasteiger partial charge in [-0.3, -0.25) is 14.9 Å². The Balaban J connectivity index is 2.13. The second-order valence-electron chi connectivity index (χ2n) is 4.06. The summed E-state index contributed by atoms with van der Waals surface area (Å²) in [6.07, 6.45) is 3.73. The molecule has 0 bridgehead atoms. The van der Waals surface area contributed by atoms with Crippen LogP contribution in [0.2, 0.25) is 0 Å². The zero-order chi connectivity index (χ0) is 12.7. The van der Waals surface area contributed by atoms with E-state index in [2.05, 4.69) is 5.32 Å². The molecule has 18 heavy (non-hydrogen) atoms. The molecule has 2 aromatic rings. The van der Waals surface area contributed by atoms with Crippen molar-refractivity contribution in [1.29, 1.82) is 0 Å². The number of imide groups is 1. The van der Waals surface area contributed by atoms with Gasteiger partial charge in [-0.15, -0.1) is 0 Å². The van der Waals surface area contributed by atoms with E-state index in [1.165, 1.54) is 0 Å². The van der Waals surface area contributed by atoms with Gasteiger partial charge < -0.3 is 4.57 Å². The first-order valence-corrected chi connectivity index (χ1v) is 6.26. The molecule has 0 radical (unpaired) electrons. The highest BCUT2D eigenvalue weighted by Crippen LogP contribution is 2.28. The van der Waals surface area contributed by atoms with Gasteiger partial charge >= 0.3 is 0 Å². The molecule has 0 aliphatic carbocycles. The number of amides is 2. The smallest absolute Gasteiger partial charge is 0.290 e. The van der Waals surface area contributed by atoms with Gasteiger partial charge in [-0.25, -0.2) is 0 Å². The van der Waals surface area contributed by atoms with Crippen LogP contribution in [-0.2, 0) is 11.8 Å². The fourth-order valence-corrected chi connectivity index (χ4v) is 2.69. The summed E-state index contributed by atoms with van der Waals surface area (Å²) < 4.78 is 2.02. The lowest BCUT2D eigenvalue weighted by molar-refractivity contribution is -0.115. The monoisotopic (exact) mass is 258 g/mol. The second-order valence-corrected chi connectivity index (χ2v) is 5.07. The molecular weight excluding hydrogens is 248 g/mol. The van der Waals surface area contributed by atoms with Gasteiger partial charge in [-0.2, -0.15) is 0 Å². The van der Waals surface area contributed by atoms with E-state index in [1.54, 1.807) is 6.08 Å². The van der Waals surface area contributed by atoms with Gasteiger partial charge in [0.2, 0.25) is 0 Å². The van der Waals surface area contributed by atoms with Crippen LogP contribution in [0.25, 0.3) is 17.0 Å². The summed E-state index contributed by atoms with van der Waals surface area (Å²) in [7, 11) is 1.97. The van der Waals surface area contributed by atoms with Crippen molar-refractivity contribution in [2.24, 2.45) is 7.05 Å². The summed E-state index contributed by atoms with van der Waals surface area (Å²) in [5.41, 5.74) is 2.04. The molecule has 2 amide bonds. The van der Waals surface area contributed by atoms with Crippen molar-refractivity contribution in [3.8, 4) is 0 Å². The summed E-state index contributed by atoms with van der Waals surface area (Å²) in [5, 5.41) is 3.01. The fourth-order valence-electron chi connectivity index (χ4n) is 2.01. The third-order valence-electron chi connectivity index (χ3n) is 2.89. The second kappa shape index (κ2) is 4.03. The van der Waals surface area contributed by atoms with Crippen LogP contribution in [0.15, 0.2) is 35.4 Å². The lowest BCUT2D eigenvalue weighted by Crippen LogP contribution is -2.17. The zero-order valence-electron chi connectivity index (χ0n) is 9.64. The molecule has 1 N–H and O–H groups in total. The number of nitrogens with zero attached hydrogens (tertiary/aromatic N) is 1. The Bertz CT molecular complexity index is 700. The molecule has 1 aliphatic heterocycles. The Morgan fingerprint density at radius 1 is 1.28 bits per heavy atom. The normalized spacial score (nSPS) is 17.7. The average Bonchev–Trinajstić information content (AvgIpc) is 2.85. The first-order chi connectivity index (χ1) is 8.65. The Hall–Kier alpha value is -2.01. The number of rotatable bonds is 1. The topological polar surface area (TPSA) is 51.1 Å². The third-order valence-corrected chi connectivity index (χ3v) is 3.70. The highest BCUT2D eigenvalue weighted by molar-refractivity contribution is 8.18. The molecule has 1 aliphatic rings. The van der Waals surface area contributed by atoms with Crippen LogP contribution in [0, 0.1) is 0 Å². The lowest BCUT2D eigenvalue weighted by atomic mass is 10.1. The highest BCUT2D eigenvalue weighted by Gasteiger charge is 2.25. The number of fused-ring (bicyclic) bond motifs is 1. The van der Waals surface area contributed by atoms with Gasteiger partial charge in [0.25, 0.3) is 11.1 Å². The van der Waals surface area contributed by atoms with E-state index < -0.39 is 0 Å². The Kier molecular flexibility index (Phi) is 2.48. The van der Waals surface area contributed by atoms with Crippen molar-refractivity contribution >= 4 is 39.9 Å². The molecular formula is C13H10N2O2S. The van der Waals surface area contributed by atoms with Gasteiger partial charge in [0, 0.05) is 24.1 Å². The van der Waals surface area contributed by atoms with Gasteiger partial charge in [-0.1, -0.05) is 12.1 Å². The largest absolute Gasteiger partial charge is 0.351 e. The number of aryl methyl sites for hydroxylation is 1. The molecule has 1 aromatic heterocycles. The zero-order valence-corrected chi connectivity index (χ0v) is 10.5. The van der Waals surface area contributed by atoms with E-state index in [0.717, 1.165) is 28.2 Å². The Labute approximate surface area is 108 Å². The molecule has 3 rings (SSSR count). The quantitative estimate of drug-likeness (QED) is 0.799. The van der Waals surface area contributed by atoms with E-state index in [0.29, 0.717) is 4.91 Å². The van der Waals surface area contributed by atoms with Crippen molar-refractivity contribution in [3.63, 3.8) is 0 Å². The number of benzene rings is 1. The van der Waals surface area contributed by atoms with Gasteiger partial charge in [0.15, 0.2) is 0 Å². The van der Waals surface area contributed by atoms with Crippen molar-refractivity contribution in [3.05, 3.63) is 40.9 Å². The summed E-state index contributed by atoms with van der Waals surface area (Å²) >= 11 is 0.939. The summed E-state index contributed by atoms with van der Waals surface area (Å²) in [6, 6.07) is 7.89. The molecule has 1 aromatic carbocycles. The number of carbonyl (C=O) groups is 2. The van der Waals surface area contributed by atoms with Crippen molar-refractivity contribution in [1.82, 2.24) is 9.88 Å². The number of hydrogen-bond acceptors (Lipinski definition) is 3. The van der Waals surface area contributed by atoms with Crippen LogP contribution in [-0.4, -0.2) is 15.7 Å². The Morgan fingerprint density at radius 2 is 2.11 bits per heavy atom. The standard InChI is InChI=1S/C13H10N2O2S/c1-15-6-5-9-8(3-2-4-10(9)15)7-11-12(16)14-13(17)18-11/h2-7H,1H3,(H,14,16,17). The molecule has 0 unspecified atom stereocenters. The van der Waals surface area contributed by atoms with Crippen molar-refractivity contribution in [2.75, 3.05) is 0 Å². The molecule has 2 heterocycles. The molecule has 0 spiro atoms. The number of hydrogen-bond donors (Lipinski definition) is 1. The van der Waals surface area contributed by atoms with E-state index in [4.69, 9.17) is 0 Å². The number of carbonyl (C=O) groups excluding carboxylic acids is 2. The first kappa shape index (κ1) is 11.1. The minimum absolute atomic E-state index is 0.313. The third kappa shape index (κ3) is 1.73. The minimum Gasteiger partial charge on any atom is -0.351 e. The molecule has 0 atom stereocenters. The number of thioether (sulfide) groups is 1. The van der Waals surface area contributed by atoms with Crippen LogP contribution >= 0.6 is 11.8 Å². The maximum absolute atomic E-state index is 11.5. The number of aromatic nitrogens is 1. The Morgan fingerprint density at radius 3 is 2.83 bits per heavy atom. The highest BCUT2D eigenvalue weighted by atomic mass is 32.2. The fraction of sp³-hybridized carbons (Fsp3) is 0.0769. The van der Waals surface area contributed by atoms with Crippen molar-refractivity contribution < 1.29 is 9.59 Å². The van der Waals surface area contributed by atoms with Crippen LogP contribution in [0.5, 0.6) is 0 Å². The summed E-state index contributed by atoms with van der Waals surface area (Å²) in [4.78, 5) is 23.1. The van der Waals surface area contributed by atoms with Crippen molar-refractivity contribution in [2.45, 2.75) is 0 Å². The number of nitrogens with one attached hydrogen (secondary N) is 1. The predicted molar refractivity (Wildman–Crippen MR) is 72.0 cm³/mol. The predicted octanol–water partition coefficient (Wildman–Crippen LogP) is 2.50. The lowest BCUT2D eigenvalue weighted by Gasteiger charge is -2.00. The van der Waals surface area contributed by atoms with E-state index in [-0.39, 0.29) is 11.1 Å². The maximum atomic E-state index is 11.5. The molecule has 4 nitrogen and oxygen atoms in total. The van der Waals surface area contributed by atoms with Gasteiger partial charge in [-0.05, 0) is 35.5 Å². The molecule has 0 saturated carbocycles. The summed E-state index contributed by atoms with van der Waals surface area (Å²) in [6.45, 7) is 0. The van der Waals surface area contributed by atoms with Crippen LogP contribution in [0.4, 0.5) is 4.79 Å². The van der Waals surface area contributed by atoms with Crippen LogP contribution in [0.3, 0.4) is 0 Å². The molecule has 5 heteroatoms. The molecule has 1 fully saturated rings. The van der Waals surface area contributed by atoms with E-state index in [9.17, 15) is 9.59 Å². The van der Waals surface area contributed by atoms with Crippen LogP contribution < -0.4 is 5.32 Å². The average molecular weight is 258 g/mol. The minimum atomic E-state index is -0.321. The van der Waals surface area contributed by atoms with Crippen LogP contribution in [0.1, 0.15) is 5.56 Å². The van der Waals surface area contributed by atoms with E-state index >= 15 is 0 Å². The first-order valence-electron chi connectivity index (χ1n) is 5.44. The summed E-state index contributed by atoms with van der Waals surface area (Å²) in [5.74, 6) is -0.321. The van der Waals surface area contributed by atoms with Gasteiger partial charge in [0.1, 0.15) is 0 Å². The maximum Gasteiger partial charge on any atom is 0.290 e. The SMILES string of the molecule is Cn1ccc2c(C=C3SC(=O)NC3=O)cccc21. The van der Waals surface area contributed by atoms with Gasteiger partial charge in [0.05, 0.1) is 4.91 Å².